The lowest BCUT2D eigenvalue weighted by Crippen LogP contribution is -2.23. The van der Waals surface area contributed by atoms with E-state index in [0.717, 1.165) is 24.3 Å². The molecule has 5 heteroatoms. The SMILES string of the molecule is O=C(Cc1coc(-c2ccccc2)n1)Nc1ccc(N2CCCCCC2)cc1. The highest BCUT2D eigenvalue weighted by atomic mass is 16.3. The van der Waals surface area contributed by atoms with Crippen LogP contribution in [0.2, 0.25) is 0 Å². The van der Waals surface area contributed by atoms with Crippen LogP contribution in [0.3, 0.4) is 0 Å². The molecule has 0 saturated carbocycles. The molecule has 1 aliphatic rings. The van der Waals surface area contributed by atoms with Crippen molar-refractivity contribution >= 4 is 17.3 Å². The Morgan fingerprint density at radius 1 is 0.964 bits per heavy atom. The van der Waals surface area contributed by atoms with E-state index < -0.39 is 0 Å². The zero-order valence-corrected chi connectivity index (χ0v) is 15.9. The second-order valence-corrected chi connectivity index (χ2v) is 7.18. The predicted molar refractivity (Wildman–Crippen MR) is 111 cm³/mol. The summed E-state index contributed by atoms with van der Waals surface area (Å²) in [4.78, 5) is 19.2. The van der Waals surface area contributed by atoms with Gasteiger partial charge in [0.25, 0.3) is 0 Å². The van der Waals surface area contributed by atoms with Crippen molar-refractivity contribution in [2.45, 2.75) is 32.1 Å². The second kappa shape index (κ2) is 8.74. The second-order valence-electron chi connectivity index (χ2n) is 7.18. The van der Waals surface area contributed by atoms with Gasteiger partial charge in [-0.25, -0.2) is 4.98 Å². The molecular formula is C23H25N3O2. The molecule has 0 aliphatic carbocycles. The number of carbonyl (C=O) groups is 1. The Hall–Kier alpha value is -3.08. The van der Waals surface area contributed by atoms with Crippen LogP contribution in [0.25, 0.3) is 11.5 Å². The molecule has 3 aromatic rings. The first-order valence-electron chi connectivity index (χ1n) is 9.93. The first-order valence-corrected chi connectivity index (χ1v) is 9.93. The summed E-state index contributed by atoms with van der Waals surface area (Å²) in [5.41, 5.74) is 3.55. The normalized spacial score (nSPS) is 14.5. The van der Waals surface area contributed by atoms with Gasteiger partial charge in [0, 0.05) is 30.0 Å². The fraction of sp³-hybridized carbons (Fsp3) is 0.304. The van der Waals surface area contributed by atoms with Crippen LogP contribution in [0, 0.1) is 0 Å². The third kappa shape index (κ3) is 4.60. The number of nitrogens with one attached hydrogen (secondary N) is 1. The van der Waals surface area contributed by atoms with Gasteiger partial charge in [0.15, 0.2) is 0 Å². The van der Waals surface area contributed by atoms with Crippen LogP contribution < -0.4 is 10.2 Å². The summed E-state index contributed by atoms with van der Waals surface area (Å²) in [7, 11) is 0. The van der Waals surface area contributed by atoms with Crippen LogP contribution >= 0.6 is 0 Å². The Kier molecular flexibility index (Phi) is 5.71. The Morgan fingerprint density at radius 3 is 2.39 bits per heavy atom. The molecule has 0 bridgehead atoms. The zero-order chi connectivity index (χ0) is 19.2. The van der Waals surface area contributed by atoms with E-state index in [4.69, 9.17) is 4.42 Å². The Balaban J connectivity index is 1.34. The molecule has 1 saturated heterocycles. The maximum Gasteiger partial charge on any atom is 0.230 e. The van der Waals surface area contributed by atoms with Gasteiger partial charge in [-0.2, -0.15) is 0 Å². The fourth-order valence-electron chi connectivity index (χ4n) is 3.56. The molecule has 1 aromatic heterocycles. The monoisotopic (exact) mass is 375 g/mol. The highest BCUT2D eigenvalue weighted by molar-refractivity contribution is 5.92. The summed E-state index contributed by atoms with van der Waals surface area (Å²) in [5.74, 6) is 0.431. The largest absolute Gasteiger partial charge is 0.444 e. The van der Waals surface area contributed by atoms with Crippen molar-refractivity contribution in [3.8, 4) is 11.5 Å². The third-order valence-corrected chi connectivity index (χ3v) is 5.04. The van der Waals surface area contributed by atoms with Crippen molar-refractivity contribution < 1.29 is 9.21 Å². The molecule has 1 N–H and O–H groups in total. The smallest absolute Gasteiger partial charge is 0.230 e. The van der Waals surface area contributed by atoms with Gasteiger partial charge < -0.3 is 14.6 Å². The maximum absolute atomic E-state index is 12.4. The molecule has 0 atom stereocenters. The summed E-state index contributed by atoms with van der Waals surface area (Å²) in [5, 5.41) is 2.94. The van der Waals surface area contributed by atoms with E-state index in [1.165, 1.54) is 31.4 Å². The number of benzene rings is 2. The first-order chi connectivity index (χ1) is 13.8. The Labute approximate surface area is 165 Å². The minimum absolute atomic E-state index is 0.101. The number of hydrogen-bond donors (Lipinski definition) is 1. The van der Waals surface area contributed by atoms with E-state index in [9.17, 15) is 4.79 Å². The number of aromatic nitrogens is 1. The molecule has 1 amide bonds. The summed E-state index contributed by atoms with van der Waals surface area (Å²) < 4.78 is 5.50. The molecule has 4 rings (SSSR count). The average molecular weight is 375 g/mol. The van der Waals surface area contributed by atoms with Gasteiger partial charge in [-0.15, -0.1) is 0 Å². The van der Waals surface area contributed by atoms with Crippen LogP contribution in [0.1, 0.15) is 31.4 Å². The number of rotatable bonds is 5. The van der Waals surface area contributed by atoms with Crippen LogP contribution in [-0.4, -0.2) is 24.0 Å². The van der Waals surface area contributed by atoms with Crippen molar-refractivity contribution in [1.82, 2.24) is 4.98 Å². The minimum Gasteiger partial charge on any atom is -0.444 e. The molecule has 2 aromatic carbocycles. The Bertz CT molecular complexity index is 895. The molecule has 28 heavy (non-hydrogen) atoms. The fourth-order valence-corrected chi connectivity index (χ4v) is 3.56. The molecule has 0 radical (unpaired) electrons. The van der Waals surface area contributed by atoms with E-state index in [1.807, 2.05) is 42.5 Å². The summed E-state index contributed by atoms with van der Waals surface area (Å²) in [6.07, 6.45) is 6.87. The molecule has 0 unspecified atom stereocenters. The third-order valence-electron chi connectivity index (χ3n) is 5.04. The van der Waals surface area contributed by atoms with Gasteiger partial charge in [-0.1, -0.05) is 31.0 Å². The maximum atomic E-state index is 12.4. The van der Waals surface area contributed by atoms with Crippen molar-refractivity contribution in [1.29, 1.82) is 0 Å². The minimum atomic E-state index is -0.101. The van der Waals surface area contributed by atoms with Crippen molar-refractivity contribution in [3.05, 3.63) is 66.6 Å². The molecule has 1 aliphatic heterocycles. The highest BCUT2D eigenvalue weighted by Crippen LogP contribution is 2.22. The van der Waals surface area contributed by atoms with Crippen LogP contribution in [0.4, 0.5) is 11.4 Å². The lowest BCUT2D eigenvalue weighted by Gasteiger charge is -2.22. The van der Waals surface area contributed by atoms with Crippen molar-refractivity contribution in [2.75, 3.05) is 23.3 Å². The van der Waals surface area contributed by atoms with E-state index in [2.05, 4.69) is 27.3 Å². The van der Waals surface area contributed by atoms with Crippen LogP contribution in [0.5, 0.6) is 0 Å². The molecule has 144 valence electrons. The summed E-state index contributed by atoms with van der Waals surface area (Å²) in [6.45, 7) is 2.23. The molecule has 5 nitrogen and oxygen atoms in total. The standard InChI is InChI=1S/C23H25N3O2/c27-22(16-20-17-28-23(25-20)18-8-4-3-5-9-18)24-19-10-12-21(13-11-19)26-14-6-1-2-7-15-26/h3-5,8-13,17H,1-2,6-7,14-16H2,(H,24,27). The molecule has 2 heterocycles. The average Bonchev–Trinajstić information content (AvgIpc) is 3.01. The number of carbonyl (C=O) groups excluding carboxylic acids is 1. The van der Waals surface area contributed by atoms with E-state index in [1.54, 1.807) is 6.26 Å². The topological polar surface area (TPSA) is 58.4 Å². The van der Waals surface area contributed by atoms with Gasteiger partial charge in [0.05, 0.1) is 12.1 Å². The highest BCUT2D eigenvalue weighted by Gasteiger charge is 2.12. The van der Waals surface area contributed by atoms with E-state index in [-0.39, 0.29) is 12.3 Å². The quantitative estimate of drug-likeness (QED) is 0.689. The van der Waals surface area contributed by atoms with Crippen molar-refractivity contribution in [2.24, 2.45) is 0 Å². The number of anilines is 2. The van der Waals surface area contributed by atoms with E-state index in [0.29, 0.717) is 11.6 Å². The number of hydrogen-bond acceptors (Lipinski definition) is 4. The van der Waals surface area contributed by atoms with Gasteiger partial charge in [-0.3, -0.25) is 4.79 Å². The lowest BCUT2D eigenvalue weighted by molar-refractivity contribution is -0.115. The van der Waals surface area contributed by atoms with Gasteiger partial charge in [-0.05, 0) is 49.2 Å². The van der Waals surface area contributed by atoms with Gasteiger partial charge in [0.2, 0.25) is 11.8 Å². The molecular weight excluding hydrogens is 350 g/mol. The summed E-state index contributed by atoms with van der Waals surface area (Å²) in [6, 6.07) is 17.8. The lowest BCUT2D eigenvalue weighted by atomic mass is 10.2. The Morgan fingerprint density at radius 2 is 1.68 bits per heavy atom. The van der Waals surface area contributed by atoms with Gasteiger partial charge >= 0.3 is 0 Å². The van der Waals surface area contributed by atoms with Crippen LogP contribution in [-0.2, 0) is 11.2 Å². The molecule has 0 spiro atoms. The van der Waals surface area contributed by atoms with Crippen molar-refractivity contribution in [3.63, 3.8) is 0 Å². The van der Waals surface area contributed by atoms with Gasteiger partial charge in [0.1, 0.15) is 6.26 Å². The molecule has 1 fully saturated rings. The van der Waals surface area contributed by atoms with E-state index >= 15 is 0 Å². The zero-order valence-electron chi connectivity index (χ0n) is 15.9. The predicted octanol–water partition coefficient (Wildman–Crippen LogP) is 4.90. The summed E-state index contributed by atoms with van der Waals surface area (Å²) >= 11 is 0. The van der Waals surface area contributed by atoms with Crippen LogP contribution in [0.15, 0.2) is 65.3 Å². The number of oxazole rings is 1. The first kappa shape index (κ1) is 18.3. The number of amides is 1. The number of nitrogens with zero attached hydrogens (tertiary/aromatic N) is 2.